The number of amides is 1. The van der Waals surface area contributed by atoms with E-state index < -0.39 is 0 Å². The highest BCUT2D eigenvalue weighted by Gasteiger charge is 2.10. The zero-order valence-electron chi connectivity index (χ0n) is 13.8. The Morgan fingerprint density at radius 2 is 2.00 bits per heavy atom. The Labute approximate surface area is 155 Å². The second kappa shape index (κ2) is 8.23. The number of hydrogen-bond acceptors (Lipinski definition) is 4. The van der Waals surface area contributed by atoms with Gasteiger partial charge in [0.1, 0.15) is 0 Å². The molecule has 0 unspecified atom stereocenters. The molecule has 0 saturated carbocycles. The quantitative estimate of drug-likeness (QED) is 0.695. The number of nitrogens with one attached hydrogen (secondary N) is 1. The van der Waals surface area contributed by atoms with E-state index in [4.69, 9.17) is 11.6 Å². The van der Waals surface area contributed by atoms with E-state index in [1.165, 1.54) is 5.56 Å². The van der Waals surface area contributed by atoms with Crippen LogP contribution in [0, 0.1) is 6.92 Å². The molecule has 0 atom stereocenters. The van der Waals surface area contributed by atoms with Crippen LogP contribution in [0.4, 0.5) is 5.69 Å². The van der Waals surface area contributed by atoms with Gasteiger partial charge in [-0.05, 0) is 48.7 Å². The smallest absolute Gasteiger partial charge is 0.230 e. The van der Waals surface area contributed by atoms with E-state index in [0.717, 1.165) is 34.8 Å². The summed E-state index contributed by atoms with van der Waals surface area (Å²) in [6.07, 6.45) is 5.64. The molecule has 4 nitrogen and oxygen atoms in total. The van der Waals surface area contributed by atoms with Crippen LogP contribution in [0.1, 0.15) is 21.8 Å². The number of carbonyl (C=O) groups is 1. The molecule has 0 radical (unpaired) electrons. The molecule has 0 aliphatic carbocycles. The van der Waals surface area contributed by atoms with E-state index >= 15 is 0 Å². The summed E-state index contributed by atoms with van der Waals surface area (Å²) >= 11 is 7.68. The minimum atomic E-state index is -0.0867. The van der Waals surface area contributed by atoms with Gasteiger partial charge in [-0.15, -0.1) is 11.3 Å². The third kappa shape index (κ3) is 4.87. The van der Waals surface area contributed by atoms with E-state index in [-0.39, 0.29) is 12.3 Å². The summed E-state index contributed by atoms with van der Waals surface area (Å²) in [6.45, 7) is 1.89. The van der Waals surface area contributed by atoms with Gasteiger partial charge in [0.25, 0.3) is 0 Å². The topological polar surface area (TPSA) is 54.9 Å². The number of aromatic nitrogens is 2. The Bertz CT molecular complexity index is 864. The van der Waals surface area contributed by atoms with E-state index in [1.54, 1.807) is 23.7 Å². The first-order chi connectivity index (χ1) is 12.1. The molecule has 0 aliphatic rings. The summed E-state index contributed by atoms with van der Waals surface area (Å²) in [7, 11) is 0. The lowest BCUT2D eigenvalue weighted by molar-refractivity contribution is -0.115. The molecule has 0 aliphatic heterocycles. The number of benzene rings is 1. The number of rotatable bonds is 6. The van der Waals surface area contributed by atoms with E-state index in [2.05, 4.69) is 15.3 Å². The molecule has 1 aromatic carbocycles. The summed E-state index contributed by atoms with van der Waals surface area (Å²) < 4.78 is 0. The van der Waals surface area contributed by atoms with Gasteiger partial charge >= 0.3 is 0 Å². The van der Waals surface area contributed by atoms with Gasteiger partial charge in [0.2, 0.25) is 5.91 Å². The average molecular weight is 372 g/mol. The van der Waals surface area contributed by atoms with Crippen molar-refractivity contribution in [3.63, 3.8) is 0 Å². The first-order valence-corrected chi connectivity index (χ1v) is 9.25. The van der Waals surface area contributed by atoms with Crippen LogP contribution in [0.15, 0.2) is 48.1 Å². The van der Waals surface area contributed by atoms with Crippen LogP contribution < -0.4 is 5.32 Å². The predicted molar refractivity (Wildman–Crippen MR) is 102 cm³/mol. The average Bonchev–Trinajstić information content (AvgIpc) is 3.05. The first kappa shape index (κ1) is 17.6. The normalized spacial score (nSPS) is 10.6. The van der Waals surface area contributed by atoms with Crippen molar-refractivity contribution in [2.24, 2.45) is 0 Å². The Balaban J connectivity index is 1.55. The molecule has 3 rings (SSSR count). The van der Waals surface area contributed by atoms with E-state index in [9.17, 15) is 4.79 Å². The van der Waals surface area contributed by atoms with Crippen LogP contribution >= 0.6 is 22.9 Å². The van der Waals surface area contributed by atoms with Crippen molar-refractivity contribution in [1.29, 1.82) is 0 Å². The van der Waals surface area contributed by atoms with Crippen LogP contribution in [0.2, 0.25) is 5.02 Å². The van der Waals surface area contributed by atoms with Crippen molar-refractivity contribution in [3.8, 4) is 0 Å². The lowest BCUT2D eigenvalue weighted by atomic mass is 10.1. The SMILES string of the molecule is Cc1c(Cl)cccc1NC(=O)Cc1csc(CCc2ccncc2)n1. The maximum absolute atomic E-state index is 12.2. The lowest BCUT2D eigenvalue weighted by Crippen LogP contribution is -2.15. The molecule has 0 fully saturated rings. The zero-order valence-corrected chi connectivity index (χ0v) is 15.4. The molecule has 1 N–H and O–H groups in total. The minimum absolute atomic E-state index is 0.0867. The monoisotopic (exact) mass is 371 g/mol. The third-order valence-corrected chi connectivity index (χ3v) is 5.23. The van der Waals surface area contributed by atoms with Crippen LogP contribution in [0.3, 0.4) is 0 Å². The lowest BCUT2D eigenvalue weighted by Gasteiger charge is -2.08. The van der Waals surface area contributed by atoms with E-state index in [0.29, 0.717) is 5.02 Å². The molecule has 6 heteroatoms. The summed E-state index contributed by atoms with van der Waals surface area (Å²) in [5, 5.41) is 6.54. The maximum Gasteiger partial charge on any atom is 0.230 e. The molecule has 2 aromatic heterocycles. The van der Waals surface area contributed by atoms with Gasteiger partial charge in [-0.2, -0.15) is 0 Å². The van der Waals surface area contributed by atoms with Gasteiger partial charge in [0, 0.05) is 34.9 Å². The standard InChI is InChI=1S/C19H18ClN3OS/c1-13-16(20)3-2-4-17(13)23-18(24)11-15-12-25-19(22-15)6-5-14-7-9-21-10-8-14/h2-4,7-10,12H,5-6,11H2,1H3,(H,23,24). The summed E-state index contributed by atoms with van der Waals surface area (Å²) in [4.78, 5) is 20.8. The Morgan fingerprint density at radius 3 is 2.80 bits per heavy atom. The van der Waals surface area contributed by atoms with Crippen molar-refractivity contribution in [2.45, 2.75) is 26.2 Å². The Morgan fingerprint density at radius 1 is 1.20 bits per heavy atom. The molecular formula is C19H18ClN3OS. The number of pyridine rings is 1. The molecule has 0 saturated heterocycles. The second-order valence-corrected chi connectivity index (χ2v) is 7.08. The van der Waals surface area contributed by atoms with Crippen molar-refractivity contribution < 1.29 is 4.79 Å². The summed E-state index contributed by atoms with van der Waals surface area (Å²) in [5.41, 5.74) is 3.65. The number of anilines is 1. The number of nitrogens with zero attached hydrogens (tertiary/aromatic N) is 2. The molecule has 1 amide bonds. The van der Waals surface area contributed by atoms with Gasteiger partial charge < -0.3 is 5.32 Å². The van der Waals surface area contributed by atoms with Gasteiger partial charge in [0.15, 0.2) is 0 Å². The fraction of sp³-hybridized carbons (Fsp3) is 0.211. The Hall–Kier alpha value is -2.24. The molecule has 3 aromatic rings. The zero-order chi connectivity index (χ0) is 17.6. The largest absolute Gasteiger partial charge is 0.325 e. The second-order valence-electron chi connectivity index (χ2n) is 5.73. The van der Waals surface area contributed by atoms with E-state index in [1.807, 2.05) is 42.6 Å². The van der Waals surface area contributed by atoms with Gasteiger partial charge in [-0.1, -0.05) is 17.7 Å². The summed E-state index contributed by atoms with van der Waals surface area (Å²) in [6, 6.07) is 9.50. The third-order valence-electron chi connectivity index (χ3n) is 3.86. The molecular weight excluding hydrogens is 354 g/mol. The van der Waals surface area contributed by atoms with Crippen molar-refractivity contribution in [1.82, 2.24) is 9.97 Å². The number of hydrogen-bond donors (Lipinski definition) is 1. The fourth-order valence-corrected chi connectivity index (χ4v) is 3.42. The highest BCUT2D eigenvalue weighted by Crippen LogP contribution is 2.23. The highest BCUT2D eigenvalue weighted by molar-refractivity contribution is 7.09. The van der Waals surface area contributed by atoms with Crippen molar-refractivity contribution in [3.05, 3.63) is 75.0 Å². The molecule has 2 heterocycles. The summed E-state index contributed by atoms with van der Waals surface area (Å²) in [5.74, 6) is -0.0867. The number of carbonyl (C=O) groups excluding carboxylic acids is 1. The van der Waals surface area contributed by atoms with Gasteiger partial charge in [-0.3, -0.25) is 9.78 Å². The van der Waals surface area contributed by atoms with Crippen LogP contribution in [-0.2, 0) is 24.1 Å². The van der Waals surface area contributed by atoms with Crippen LogP contribution in [-0.4, -0.2) is 15.9 Å². The Kier molecular flexibility index (Phi) is 5.79. The predicted octanol–water partition coefficient (Wildman–Crippen LogP) is 4.47. The number of halogens is 1. The maximum atomic E-state index is 12.2. The van der Waals surface area contributed by atoms with Gasteiger partial charge in [-0.25, -0.2) is 4.98 Å². The highest BCUT2D eigenvalue weighted by atomic mass is 35.5. The molecule has 128 valence electrons. The first-order valence-electron chi connectivity index (χ1n) is 7.99. The number of thiazole rings is 1. The molecule has 0 bridgehead atoms. The molecule has 25 heavy (non-hydrogen) atoms. The molecule has 0 spiro atoms. The van der Waals surface area contributed by atoms with Gasteiger partial charge in [0.05, 0.1) is 17.1 Å². The van der Waals surface area contributed by atoms with Crippen molar-refractivity contribution in [2.75, 3.05) is 5.32 Å². The minimum Gasteiger partial charge on any atom is -0.325 e. The van der Waals surface area contributed by atoms with Crippen LogP contribution in [0.25, 0.3) is 0 Å². The number of aryl methyl sites for hydroxylation is 2. The fourth-order valence-electron chi connectivity index (χ4n) is 2.45. The van der Waals surface area contributed by atoms with Crippen LogP contribution in [0.5, 0.6) is 0 Å². The van der Waals surface area contributed by atoms with Crippen molar-refractivity contribution >= 4 is 34.5 Å².